The molecule has 0 amide bonds. The van der Waals surface area contributed by atoms with Crippen LogP contribution in [0.3, 0.4) is 0 Å². The van der Waals surface area contributed by atoms with Crippen LogP contribution in [0, 0.1) is 0 Å². The maximum absolute atomic E-state index is 3.38. The third-order valence-corrected chi connectivity index (χ3v) is 2.82. The average Bonchev–Trinajstić information content (AvgIpc) is 2.25. The van der Waals surface area contributed by atoms with Crippen molar-refractivity contribution in [2.75, 3.05) is 52.9 Å². The number of nitrogens with zero attached hydrogens (tertiary/aromatic N) is 2. The summed E-state index contributed by atoms with van der Waals surface area (Å²) < 4.78 is 0. The van der Waals surface area contributed by atoms with E-state index in [0.29, 0.717) is 0 Å². The molecule has 1 rings (SSSR count). The third-order valence-electron chi connectivity index (χ3n) is 2.82. The molecular weight excluding hydrogens is 186 g/mol. The summed E-state index contributed by atoms with van der Waals surface area (Å²) in [5.41, 5.74) is 1.41. The molecule has 0 bridgehead atoms. The van der Waals surface area contributed by atoms with Gasteiger partial charge in [0.15, 0.2) is 0 Å². The van der Waals surface area contributed by atoms with E-state index in [1.807, 2.05) is 0 Å². The fourth-order valence-electron chi connectivity index (χ4n) is 1.68. The van der Waals surface area contributed by atoms with E-state index in [1.165, 1.54) is 31.8 Å². The van der Waals surface area contributed by atoms with Gasteiger partial charge >= 0.3 is 0 Å². The zero-order chi connectivity index (χ0) is 11.1. The highest BCUT2D eigenvalue weighted by Gasteiger charge is 2.09. The predicted octanol–water partition coefficient (Wildman–Crippen LogP) is 0.790. The fourth-order valence-corrected chi connectivity index (χ4v) is 1.68. The molecule has 1 aliphatic heterocycles. The molecule has 1 N–H and O–H groups in total. The average molecular weight is 211 g/mol. The highest BCUT2D eigenvalue weighted by molar-refractivity contribution is 4.94. The Morgan fingerprint density at radius 3 is 2.60 bits per heavy atom. The van der Waals surface area contributed by atoms with E-state index in [0.717, 1.165) is 19.6 Å². The zero-order valence-electron chi connectivity index (χ0n) is 10.4. The molecule has 0 aromatic heterocycles. The van der Waals surface area contributed by atoms with Crippen molar-refractivity contribution in [1.82, 2.24) is 15.1 Å². The normalized spacial score (nSPS) is 18.1. The van der Waals surface area contributed by atoms with Crippen molar-refractivity contribution in [1.29, 1.82) is 0 Å². The van der Waals surface area contributed by atoms with Crippen molar-refractivity contribution < 1.29 is 0 Å². The number of piperazine rings is 1. The summed E-state index contributed by atoms with van der Waals surface area (Å²) in [6.45, 7) is 12.5. The van der Waals surface area contributed by atoms with E-state index in [9.17, 15) is 0 Å². The molecule has 0 radical (unpaired) electrons. The predicted molar refractivity (Wildman–Crippen MR) is 66.2 cm³/mol. The molecule has 1 saturated heterocycles. The van der Waals surface area contributed by atoms with Crippen LogP contribution in [0.5, 0.6) is 0 Å². The lowest BCUT2D eigenvalue weighted by Gasteiger charge is -2.28. The Hall–Kier alpha value is -0.380. The molecule has 1 heterocycles. The van der Waals surface area contributed by atoms with Crippen LogP contribution in [-0.2, 0) is 0 Å². The van der Waals surface area contributed by atoms with Crippen LogP contribution < -0.4 is 5.32 Å². The van der Waals surface area contributed by atoms with Gasteiger partial charge in [-0.2, -0.15) is 0 Å². The molecule has 15 heavy (non-hydrogen) atoms. The molecule has 3 heteroatoms. The van der Waals surface area contributed by atoms with Crippen molar-refractivity contribution in [3.8, 4) is 0 Å². The van der Waals surface area contributed by atoms with Gasteiger partial charge in [0.05, 0.1) is 0 Å². The SMILES string of the molecule is CC(C)=CCN(C)CCN1CCNCC1. The van der Waals surface area contributed by atoms with Crippen LogP contribution in [-0.4, -0.2) is 62.7 Å². The van der Waals surface area contributed by atoms with Crippen molar-refractivity contribution in [2.45, 2.75) is 13.8 Å². The highest BCUT2D eigenvalue weighted by atomic mass is 15.2. The second-order valence-corrected chi connectivity index (χ2v) is 4.64. The number of likely N-dealkylation sites (N-methyl/N-ethyl adjacent to an activating group) is 1. The monoisotopic (exact) mass is 211 g/mol. The molecule has 0 aromatic rings. The van der Waals surface area contributed by atoms with Crippen molar-refractivity contribution in [2.24, 2.45) is 0 Å². The van der Waals surface area contributed by atoms with Gasteiger partial charge in [0.25, 0.3) is 0 Å². The molecule has 0 aromatic carbocycles. The first-order chi connectivity index (χ1) is 7.18. The number of nitrogens with one attached hydrogen (secondary N) is 1. The Labute approximate surface area is 94.1 Å². The largest absolute Gasteiger partial charge is 0.314 e. The fraction of sp³-hybridized carbons (Fsp3) is 0.833. The highest BCUT2D eigenvalue weighted by Crippen LogP contribution is 1.95. The Bertz CT molecular complexity index is 191. The molecule has 1 fully saturated rings. The van der Waals surface area contributed by atoms with Crippen LogP contribution in [0.1, 0.15) is 13.8 Å². The number of rotatable bonds is 5. The summed E-state index contributed by atoms with van der Waals surface area (Å²) in [6.07, 6.45) is 2.29. The maximum atomic E-state index is 3.38. The van der Waals surface area contributed by atoms with E-state index in [-0.39, 0.29) is 0 Å². The van der Waals surface area contributed by atoms with E-state index >= 15 is 0 Å². The Morgan fingerprint density at radius 1 is 1.33 bits per heavy atom. The van der Waals surface area contributed by atoms with Crippen LogP contribution >= 0.6 is 0 Å². The van der Waals surface area contributed by atoms with Crippen molar-refractivity contribution >= 4 is 0 Å². The Morgan fingerprint density at radius 2 is 2.00 bits per heavy atom. The van der Waals surface area contributed by atoms with Gasteiger partial charge in [-0.3, -0.25) is 4.90 Å². The third kappa shape index (κ3) is 5.92. The number of hydrogen-bond donors (Lipinski definition) is 1. The minimum atomic E-state index is 1.08. The van der Waals surface area contributed by atoms with Crippen molar-refractivity contribution in [3.63, 3.8) is 0 Å². The molecule has 3 nitrogen and oxygen atoms in total. The van der Waals surface area contributed by atoms with E-state index in [4.69, 9.17) is 0 Å². The summed E-state index contributed by atoms with van der Waals surface area (Å²) in [7, 11) is 2.20. The summed E-state index contributed by atoms with van der Waals surface area (Å²) in [5.74, 6) is 0. The van der Waals surface area contributed by atoms with E-state index in [1.54, 1.807) is 0 Å². The second-order valence-electron chi connectivity index (χ2n) is 4.64. The molecule has 88 valence electrons. The van der Waals surface area contributed by atoms with Gasteiger partial charge in [-0.25, -0.2) is 0 Å². The standard InChI is InChI=1S/C12H25N3/c1-12(2)4-7-14(3)10-11-15-8-5-13-6-9-15/h4,13H,5-11H2,1-3H3. The molecule has 0 aliphatic carbocycles. The van der Waals surface area contributed by atoms with Crippen LogP contribution in [0.25, 0.3) is 0 Å². The van der Waals surface area contributed by atoms with E-state index in [2.05, 4.69) is 42.1 Å². The second kappa shape index (κ2) is 6.99. The van der Waals surface area contributed by atoms with Crippen LogP contribution in [0.15, 0.2) is 11.6 Å². The smallest absolute Gasteiger partial charge is 0.0163 e. The lowest BCUT2D eigenvalue weighted by atomic mass is 10.3. The molecule has 0 saturated carbocycles. The molecule has 1 aliphatic rings. The van der Waals surface area contributed by atoms with Gasteiger partial charge < -0.3 is 10.2 Å². The van der Waals surface area contributed by atoms with Gasteiger partial charge in [0.2, 0.25) is 0 Å². The Kier molecular flexibility index (Phi) is 5.91. The molecular formula is C12H25N3. The first-order valence-electron chi connectivity index (χ1n) is 5.93. The quantitative estimate of drug-likeness (QED) is 0.678. The first kappa shape index (κ1) is 12.7. The number of hydrogen-bond acceptors (Lipinski definition) is 3. The van der Waals surface area contributed by atoms with Gasteiger partial charge in [0, 0.05) is 45.8 Å². The first-order valence-corrected chi connectivity index (χ1v) is 5.93. The van der Waals surface area contributed by atoms with Gasteiger partial charge in [-0.1, -0.05) is 11.6 Å². The number of allylic oxidation sites excluding steroid dienone is 1. The topological polar surface area (TPSA) is 18.5 Å². The van der Waals surface area contributed by atoms with Crippen LogP contribution in [0.4, 0.5) is 0 Å². The van der Waals surface area contributed by atoms with Gasteiger partial charge in [0.1, 0.15) is 0 Å². The summed E-state index contributed by atoms with van der Waals surface area (Å²) >= 11 is 0. The lowest BCUT2D eigenvalue weighted by molar-refractivity contribution is 0.211. The summed E-state index contributed by atoms with van der Waals surface area (Å²) in [6, 6.07) is 0. The molecule has 0 spiro atoms. The summed E-state index contributed by atoms with van der Waals surface area (Å²) in [4.78, 5) is 4.92. The lowest BCUT2D eigenvalue weighted by Crippen LogP contribution is -2.45. The molecule has 0 atom stereocenters. The maximum Gasteiger partial charge on any atom is 0.0163 e. The zero-order valence-corrected chi connectivity index (χ0v) is 10.4. The molecule has 0 unspecified atom stereocenters. The minimum absolute atomic E-state index is 1.08. The Balaban J connectivity index is 2.10. The van der Waals surface area contributed by atoms with Gasteiger partial charge in [-0.15, -0.1) is 0 Å². The van der Waals surface area contributed by atoms with Crippen molar-refractivity contribution in [3.05, 3.63) is 11.6 Å². The summed E-state index contributed by atoms with van der Waals surface area (Å²) in [5, 5.41) is 3.38. The van der Waals surface area contributed by atoms with E-state index < -0.39 is 0 Å². The van der Waals surface area contributed by atoms with Crippen LogP contribution in [0.2, 0.25) is 0 Å². The van der Waals surface area contributed by atoms with Gasteiger partial charge in [-0.05, 0) is 20.9 Å². The minimum Gasteiger partial charge on any atom is -0.314 e.